The first-order chi connectivity index (χ1) is 18.0. The smallest absolute Gasteiger partial charge is 0.134 e. The van der Waals surface area contributed by atoms with E-state index in [0.717, 1.165) is 24.3 Å². The minimum atomic E-state index is -0.495. The van der Waals surface area contributed by atoms with Gasteiger partial charge in [0, 0.05) is 5.02 Å². The summed E-state index contributed by atoms with van der Waals surface area (Å²) in [5.41, 5.74) is 4.24. The van der Waals surface area contributed by atoms with Gasteiger partial charge in [0.15, 0.2) is 0 Å². The Bertz CT molecular complexity index is 1070. The largest absolute Gasteiger partial charge is 0.206 e. The van der Waals surface area contributed by atoms with Crippen molar-refractivity contribution in [1.29, 1.82) is 0 Å². The van der Waals surface area contributed by atoms with Crippen LogP contribution in [0.5, 0.6) is 0 Å². The Hall–Kier alpha value is -2.19. The maximum atomic E-state index is 14.8. The van der Waals surface area contributed by atoms with Crippen molar-refractivity contribution in [1.82, 2.24) is 0 Å². The zero-order valence-electron chi connectivity index (χ0n) is 22.3. The zero-order valence-corrected chi connectivity index (χ0v) is 23.0. The van der Waals surface area contributed by atoms with Crippen LogP contribution in [0.1, 0.15) is 87.8 Å². The molecule has 3 heteroatoms. The first kappa shape index (κ1) is 27.8. The van der Waals surface area contributed by atoms with Gasteiger partial charge in [0.25, 0.3) is 0 Å². The predicted octanol–water partition coefficient (Wildman–Crippen LogP) is 10.8. The molecular formula is C34H41ClF2. The van der Waals surface area contributed by atoms with Crippen molar-refractivity contribution in [2.45, 2.75) is 90.4 Å². The first-order valence-corrected chi connectivity index (χ1v) is 14.7. The number of benzene rings is 3. The maximum Gasteiger partial charge on any atom is 0.134 e. The number of halogens is 3. The molecule has 3 aromatic carbocycles. The lowest BCUT2D eigenvalue weighted by molar-refractivity contribution is 0.253. The lowest BCUT2D eigenvalue weighted by atomic mass is 9.77. The second kappa shape index (κ2) is 14.1. The molecule has 198 valence electrons. The third kappa shape index (κ3) is 8.40. The van der Waals surface area contributed by atoms with Gasteiger partial charge in [-0.15, -0.1) is 0 Å². The van der Waals surface area contributed by atoms with Gasteiger partial charge < -0.3 is 0 Å². The van der Waals surface area contributed by atoms with E-state index >= 15 is 0 Å². The molecular weight excluding hydrogens is 482 g/mol. The summed E-state index contributed by atoms with van der Waals surface area (Å²) in [7, 11) is 0. The van der Waals surface area contributed by atoms with Gasteiger partial charge in [-0.1, -0.05) is 99.9 Å². The molecule has 0 nitrogen and oxygen atoms in total. The monoisotopic (exact) mass is 522 g/mol. The normalized spacial score (nSPS) is 17.7. The molecule has 0 N–H and O–H groups in total. The molecule has 0 atom stereocenters. The summed E-state index contributed by atoms with van der Waals surface area (Å²) >= 11 is 5.91. The van der Waals surface area contributed by atoms with Crippen LogP contribution in [0.2, 0.25) is 5.02 Å². The Morgan fingerprint density at radius 1 is 0.649 bits per heavy atom. The van der Waals surface area contributed by atoms with Crippen molar-refractivity contribution < 1.29 is 8.78 Å². The summed E-state index contributed by atoms with van der Waals surface area (Å²) in [4.78, 5) is 0. The molecule has 1 aliphatic carbocycles. The molecule has 0 saturated heterocycles. The van der Waals surface area contributed by atoms with E-state index in [4.69, 9.17) is 11.6 Å². The number of unbranched alkanes of at least 4 members (excludes halogenated alkanes) is 3. The van der Waals surface area contributed by atoms with Crippen molar-refractivity contribution in [3.8, 4) is 11.1 Å². The SMILES string of the molecule is CCCCCCc1ccc(CC[C@H]2CC[C@H](CCc3cc(F)c(-c4ccc(Cl)cc4)c(F)c3)CC2)cc1. The van der Waals surface area contributed by atoms with Crippen LogP contribution in [-0.2, 0) is 19.3 Å². The third-order valence-corrected chi connectivity index (χ3v) is 8.48. The van der Waals surface area contributed by atoms with Gasteiger partial charge in [-0.25, -0.2) is 8.78 Å². The molecule has 4 rings (SSSR count). The van der Waals surface area contributed by atoms with E-state index in [0.29, 0.717) is 16.5 Å². The quantitative estimate of drug-likeness (QED) is 0.207. The molecule has 0 spiro atoms. The van der Waals surface area contributed by atoms with Crippen LogP contribution in [0.15, 0.2) is 60.7 Å². The molecule has 37 heavy (non-hydrogen) atoms. The minimum absolute atomic E-state index is 0.0301. The standard InChI is InChI=1S/C34H41ClF2/c1-2-3-4-5-6-25-7-9-26(10-8-25)11-12-27-13-15-28(16-14-27)17-18-29-23-32(36)34(33(37)24-29)30-19-21-31(35)22-20-30/h7-10,19-24,27-28H,2-6,11-18H2,1H3/t27-,28-. The Labute approximate surface area is 227 Å². The van der Waals surface area contributed by atoms with Crippen LogP contribution < -0.4 is 0 Å². The predicted molar refractivity (Wildman–Crippen MR) is 153 cm³/mol. The van der Waals surface area contributed by atoms with E-state index in [9.17, 15) is 8.78 Å². The molecule has 0 amide bonds. The van der Waals surface area contributed by atoms with Gasteiger partial charge >= 0.3 is 0 Å². The van der Waals surface area contributed by atoms with Crippen LogP contribution in [0.4, 0.5) is 8.78 Å². The summed E-state index contributed by atoms with van der Waals surface area (Å²) in [5, 5.41) is 0.554. The zero-order chi connectivity index (χ0) is 26.0. The number of aryl methyl sites for hydroxylation is 3. The van der Waals surface area contributed by atoms with E-state index in [-0.39, 0.29) is 5.56 Å². The van der Waals surface area contributed by atoms with Crippen molar-refractivity contribution in [2.24, 2.45) is 11.8 Å². The van der Waals surface area contributed by atoms with E-state index < -0.39 is 11.6 Å². The lowest BCUT2D eigenvalue weighted by Crippen LogP contribution is -2.16. The Kier molecular flexibility index (Phi) is 10.6. The van der Waals surface area contributed by atoms with Gasteiger partial charge in [0.1, 0.15) is 11.6 Å². The number of hydrogen-bond donors (Lipinski definition) is 0. The Morgan fingerprint density at radius 3 is 1.70 bits per heavy atom. The summed E-state index contributed by atoms with van der Waals surface area (Å²) in [6.07, 6.45) is 15.7. The van der Waals surface area contributed by atoms with E-state index in [1.807, 2.05) is 0 Å². The van der Waals surface area contributed by atoms with Gasteiger partial charge in [0.05, 0.1) is 5.56 Å². The van der Waals surface area contributed by atoms with Crippen molar-refractivity contribution in [2.75, 3.05) is 0 Å². The fourth-order valence-electron chi connectivity index (χ4n) is 5.84. The van der Waals surface area contributed by atoms with Crippen molar-refractivity contribution >= 4 is 11.6 Å². The van der Waals surface area contributed by atoms with Crippen LogP contribution in [0.25, 0.3) is 11.1 Å². The molecule has 3 aromatic rings. The van der Waals surface area contributed by atoms with Gasteiger partial charge in [-0.05, 0) is 96.9 Å². The van der Waals surface area contributed by atoms with Gasteiger partial charge in [-0.3, -0.25) is 0 Å². The molecule has 0 unspecified atom stereocenters. The van der Waals surface area contributed by atoms with Gasteiger partial charge in [0.2, 0.25) is 0 Å². The average Bonchev–Trinajstić information content (AvgIpc) is 2.91. The summed E-state index contributed by atoms with van der Waals surface area (Å²) in [6, 6.07) is 19.0. The van der Waals surface area contributed by atoms with Gasteiger partial charge in [-0.2, -0.15) is 0 Å². The molecule has 0 aliphatic heterocycles. The highest BCUT2D eigenvalue weighted by molar-refractivity contribution is 6.30. The molecule has 1 aliphatic rings. The average molecular weight is 523 g/mol. The highest BCUT2D eigenvalue weighted by atomic mass is 35.5. The Morgan fingerprint density at radius 2 is 1.16 bits per heavy atom. The lowest BCUT2D eigenvalue weighted by Gasteiger charge is -2.28. The fourth-order valence-corrected chi connectivity index (χ4v) is 5.97. The van der Waals surface area contributed by atoms with Crippen LogP contribution in [-0.4, -0.2) is 0 Å². The summed E-state index contributed by atoms with van der Waals surface area (Å²) in [5.74, 6) is 0.472. The number of hydrogen-bond acceptors (Lipinski definition) is 0. The fraction of sp³-hybridized carbons (Fsp3) is 0.471. The second-order valence-electron chi connectivity index (χ2n) is 11.0. The summed E-state index contributed by atoms with van der Waals surface area (Å²) in [6.45, 7) is 2.26. The molecule has 0 aromatic heterocycles. The van der Waals surface area contributed by atoms with E-state index in [2.05, 4.69) is 31.2 Å². The molecule has 0 bridgehead atoms. The molecule has 1 fully saturated rings. The molecule has 1 saturated carbocycles. The highest BCUT2D eigenvalue weighted by Crippen LogP contribution is 2.35. The maximum absolute atomic E-state index is 14.8. The molecule has 0 heterocycles. The van der Waals surface area contributed by atoms with Crippen LogP contribution in [0.3, 0.4) is 0 Å². The topological polar surface area (TPSA) is 0 Å². The second-order valence-corrected chi connectivity index (χ2v) is 11.5. The van der Waals surface area contributed by atoms with Crippen LogP contribution in [0, 0.1) is 23.5 Å². The first-order valence-electron chi connectivity index (χ1n) is 14.3. The Balaban J connectivity index is 1.18. The van der Waals surface area contributed by atoms with E-state index in [1.165, 1.54) is 93.9 Å². The number of rotatable bonds is 12. The minimum Gasteiger partial charge on any atom is -0.206 e. The summed E-state index contributed by atoms with van der Waals surface area (Å²) < 4.78 is 29.5. The van der Waals surface area contributed by atoms with E-state index in [1.54, 1.807) is 24.3 Å². The van der Waals surface area contributed by atoms with Crippen LogP contribution >= 0.6 is 11.6 Å². The highest BCUT2D eigenvalue weighted by Gasteiger charge is 2.21. The van der Waals surface area contributed by atoms with Crippen molar-refractivity contribution in [3.05, 3.63) is 94.0 Å². The third-order valence-electron chi connectivity index (χ3n) is 8.23. The molecule has 0 radical (unpaired) electrons. The van der Waals surface area contributed by atoms with Crippen molar-refractivity contribution in [3.63, 3.8) is 0 Å².